The van der Waals surface area contributed by atoms with Crippen LogP contribution in [-0.2, 0) is 0 Å². The molecule has 3 saturated heterocycles. The number of nitrogens with zero attached hydrogens (tertiary/aromatic N) is 2. The van der Waals surface area contributed by atoms with Crippen molar-refractivity contribution in [3.63, 3.8) is 0 Å². The van der Waals surface area contributed by atoms with E-state index in [1.165, 1.54) is 169 Å². The molecule has 4 aliphatic rings. The average molecular weight is 623 g/mol. The summed E-state index contributed by atoms with van der Waals surface area (Å²) in [6, 6.07) is 17.9. The van der Waals surface area contributed by atoms with Gasteiger partial charge < -0.3 is 9.80 Å². The van der Waals surface area contributed by atoms with Crippen molar-refractivity contribution >= 4 is 34.7 Å². The molecule has 2 aromatic rings. The highest BCUT2D eigenvalue weighted by Crippen LogP contribution is 2.50. The first kappa shape index (κ1) is 33.2. The summed E-state index contributed by atoms with van der Waals surface area (Å²) in [6.45, 7) is 4.35. The summed E-state index contributed by atoms with van der Waals surface area (Å²) in [7, 11) is 0. The second-order valence-corrected chi connectivity index (χ2v) is 15.8. The summed E-state index contributed by atoms with van der Waals surface area (Å²) in [5.41, 5.74) is 2.66. The largest absolute Gasteiger partial charge is 0.338 e. The Kier molecular flexibility index (Phi) is 14.0. The van der Waals surface area contributed by atoms with Gasteiger partial charge in [-0.1, -0.05) is 152 Å². The van der Waals surface area contributed by atoms with E-state index in [0.717, 1.165) is 13.1 Å². The lowest BCUT2D eigenvalue weighted by Crippen LogP contribution is -2.55. The lowest BCUT2D eigenvalue weighted by atomic mass is 9.80. The highest BCUT2D eigenvalue weighted by Gasteiger charge is 2.44. The fourth-order valence-corrected chi connectivity index (χ4v) is 9.50. The van der Waals surface area contributed by atoms with E-state index in [-0.39, 0.29) is 4.87 Å². The van der Waals surface area contributed by atoms with Gasteiger partial charge in [-0.05, 0) is 62.5 Å². The van der Waals surface area contributed by atoms with Gasteiger partial charge in [0.15, 0.2) is 0 Å². The normalized spacial score (nSPS) is 27.8. The van der Waals surface area contributed by atoms with Crippen molar-refractivity contribution in [1.82, 2.24) is 4.90 Å². The maximum atomic E-state index is 7.94. The van der Waals surface area contributed by atoms with Gasteiger partial charge in [-0.15, -0.1) is 11.6 Å². The second-order valence-electron chi connectivity index (χ2n) is 13.9. The zero-order valence-electron chi connectivity index (χ0n) is 27.1. The molecule has 0 saturated carbocycles. The van der Waals surface area contributed by atoms with E-state index >= 15 is 0 Å². The summed E-state index contributed by atoms with van der Waals surface area (Å²) in [5.74, 6) is 0.578. The van der Waals surface area contributed by atoms with E-state index in [0.29, 0.717) is 5.92 Å². The standard InChI is InChI=1S/C39H59ClN2S/c40-39(33-42-35-25-19-21-27-37(35)43-38-28-22-20-26-36(38)42)32-41-30-23-17-15-13-11-9-7-5-3-1-2-4-6-8-10-12-14-16-18-24-34(39)29-31-41/h19-22,25-28,34H,1-18,23-24,29-33H2. The number of hydrogen-bond acceptors (Lipinski definition) is 3. The number of piperidine rings is 1. The molecular weight excluding hydrogens is 564 g/mol. The van der Waals surface area contributed by atoms with E-state index in [1.54, 1.807) is 0 Å². The molecule has 2 bridgehead atoms. The molecule has 0 spiro atoms. The van der Waals surface area contributed by atoms with Crippen molar-refractivity contribution in [3.05, 3.63) is 48.5 Å². The maximum absolute atomic E-state index is 7.94. The molecule has 3 fully saturated rings. The maximum Gasteiger partial charge on any atom is 0.0780 e. The van der Waals surface area contributed by atoms with Crippen LogP contribution in [0.4, 0.5) is 11.4 Å². The van der Waals surface area contributed by atoms with Crippen LogP contribution in [0.5, 0.6) is 0 Å². The van der Waals surface area contributed by atoms with Crippen molar-refractivity contribution < 1.29 is 0 Å². The molecule has 0 aromatic heterocycles. The van der Waals surface area contributed by atoms with Gasteiger partial charge in [-0.25, -0.2) is 0 Å². The van der Waals surface area contributed by atoms with Crippen LogP contribution in [0.15, 0.2) is 58.3 Å². The zero-order valence-corrected chi connectivity index (χ0v) is 28.6. The first-order valence-electron chi connectivity index (χ1n) is 18.3. The molecule has 2 aromatic carbocycles. The van der Waals surface area contributed by atoms with Crippen LogP contribution in [0.1, 0.15) is 135 Å². The zero-order chi connectivity index (χ0) is 29.6. The molecule has 4 heterocycles. The number of rotatable bonds is 2. The summed E-state index contributed by atoms with van der Waals surface area (Å²) in [4.78, 5) is 7.77. The van der Waals surface area contributed by atoms with Gasteiger partial charge in [-0.2, -0.15) is 0 Å². The minimum atomic E-state index is -0.229. The Morgan fingerprint density at radius 1 is 0.558 bits per heavy atom. The number of benzene rings is 2. The van der Waals surface area contributed by atoms with Crippen LogP contribution in [0.2, 0.25) is 0 Å². The van der Waals surface area contributed by atoms with Gasteiger partial charge in [0.1, 0.15) is 0 Å². The quantitative estimate of drug-likeness (QED) is 0.308. The smallest absolute Gasteiger partial charge is 0.0780 e. The van der Waals surface area contributed by atoms with Crippen molar-refractivity contribution in [2.75, 3.05) is 31.1 Å². The van der Waals surface area contributed by atoms with Crippen LogP contribution in [-0.4, -0.2) is 36.0 Å². The minimum Gasteiger partial charge on any atom is -0.338 e. The third-order valence-corrected chi connectivity index (χ3v) is 12.2. The topological polar surface area (TPSA) is 6.48 Å². The van der Waals surface area contributed by atoms with Crippen molar-refractivity contribution in [2.45, 2.75) is 150 Å². The van der Waals surface area contributed by atoms with Crippen molar-refractivity contribution in [3.8, 4) is 0 Å². The Balaban J connectivity index is 1.24. The number of para-hydroxylation sites is 2. The summed E-state index contributed by atoms with van der Waals surface area (Å²) in [6.07, 6.45) is 29.6. The summed E-state index contributed by atoms with van der Waals surface area (Å²) < 4.78 is 0. The highest BCUT2D eigenvalue weighted by molar-refractivity contribution is 7.99. The number of alkyl halides is 1. The molecule has 6 rings (SSSR count). The van der Waals surface area contributed by atoms with E-state index < -0.39 is 0 Å². The van der Waals surface area contributed by atoms with Crippen LogP contribution >= 0.6 is 23.4 Å². The monoisotopic (exact) mass is 622 g/mol. The fourth-order valence-electron chi connectivity index (χ4n) is 7.90. The Labute approximate surface area is 273 Å². The molecule has 3 unspecified atom stereocenters. The SMILES string of the molecule is ClC1(CN2c3ccccc3Sc3ccccc32)CN2CCCCCCCCCCCCCCCCCCCCCC1CC2. The third kappa shape index (κ3) is 10.2. The van der Waals surface area contributed by atoms with Crippen molar-refractivity contribution in [2.24, 2.45) is 5.92 Å². The molecule has 0 radical (unpaired) electrons. The number of anilines is 2. The van der Waals surface area contributed by atoms with E-state index in [1.807, 2.05) is 11.8 Å². The molecule has 3 atom stereocenters. The van der Waals surface area contributed by atoms with Gasteiger partial charge >= 0.3 is 0 Å². The first-order valence-corrected chi connectivity index (χ1v) is 19.5. The number of halogens is 1. The number of fused-ring (bicyclic) bond motifs is 24. The molecule has 0 N–H and O–H groups in total. The highest BCUT2D eigenvalue weighted by atomic mass is 35.5. The van der Waals surface area contributed by atoms with Gasteiger partial charge in [-0.3, -0.25) is 0 Å². The predicted octanol–water partition coefficient (Wildman–Crippen LogP) is 12.4. The fraction of sp³-hybridized carbons (Fsp3) is 0.692. The second kappa shape index (κ2) is 18.1. The van der Waals surface area contributed by atoms with Crippen LogP contribution < -0.4 is 4.90 Å². The molecule has 4 aliphatic heterocycles. The molecular formula is C39H59ClN2S. The van der Waals surface area contributed by atoms with Crippen LogP contribution in [0.25, 0.3) is 0 Å². The molecule has 0 aliphatic carbocycles. The third-order valence-electron chi connectivity index (χ3n) is 10.5. The summed E-state index contributed by atoms with van der Waals surface area (Å²) in [5, 5.41) is 0. The number of hydrogen-bond donors (Lipinski definition) is 0. The molecule has 2 nitrogen and oxygen atoms in total. The Morgan fingerprint density at radius 2 is 1.00 bits per heavy atom. The molecule has 238 valence electrons. The van der Waals surface area contributed by atoms with Crippen LogP contribution in [0.3, 0.4) is 0 Å². The molecule has 43 heavy (non-hydrogen) atoms. The lowest BCUT2D eigenvalue weighted by molar-refractivity contribution is 0.131. The Morgan fingerprint density at radius 3 is 1.51 bits per heavy atom. The Bertz CT molecular complexity index is 1030. The van der Waals surface area contributed by atoms with Gasteiger partial charge in [0.05, 0.1) is 16.2 Å². The lowest BCUT2D eigenvalue weighted by Gasteiger charge is -2.48. The van der Waals surface area contributed by atoms with Crippen LogP contribution in [0, 0.1) is 5.92 Å². The van der Waals surface area contributed by atoms with Gasteiger partial charge in [0, 0.05) is 22.9 Å². The van der Waals surface area contributed by atoms with E-state index in [9.17, 15) is 0 Å². The van der Waals surface area contributed by atoms with E-state index in [2.05, 4.69) is 58.3 Å². The van der Waals surface area contributed by atoms with E-state index in [4.69, 9.17) is 11.6 Å². The summed E-state index contributed by atoms with van der Waals surface area (Å²) >= 11 is 9.84. The van der Waals surface area contributed by atoms with Crippen molar-refractivity contribution in [1.29, 1.82) is 0 Å². The van der Waals surface area contributed by atoms with Gasteiger partial charge in [0.2, 0.25) is 0 Å². The van der Waals surface area contributed by atoms with Gasteiger partial charge in [0.25, 0.3) is 0 Å². The Hall–Kier alpha value is -1.16. The minimum absolute atomic E-state index is 0.229. The predicted molar refractivity (Wildman–Crippen MR) is 189 cm³/mol. The first-order chi connectivity index (χ1) is 21.2. The molecule has 4 heteroatoms. The average Bonchev–Trinajstić information content (AvgIpc) is 3.02. The molecule has 0 amide bonds.